The van der Waals surface area contributed by atoms with Gasteiger partial charge in [0.2, 0.25) is 10.0 Å². The lowest BCUT2D eigenvalue weighted by Gasteiger charge is -2.14. The number of thiophene rings is 1. The highest BCUT2D eigenvalue weighted by molar-refractivity contribution is 7.91. The highest BCUT2D eigenvalue weighted by atomic mass is 35.5. The number of hydrogen-bond donors (Lipinski definition) is 1. The number of sulfonamides is 1. The minimum atomic E-state index is -3.43. The van der Waals surface area contributed by atoms with E-state index in [9.17, 15) is 8.42 Å². The van der Waals surface area contributed by atoms with E-state index < -0.39 is 10.0 Å². The van der Waals surface area contributed by atoms with Crippen molar-refractivity contribution in [2.45, 2.75) is 50.2 Å². The molecule has 128 valence electrons. The summed E-state index contributed by atoms with van der Waals surface area (Å²) >= 11 is 6.82. The molecule has 22 heavy (non-hydrogen) atoms. The van der Waals surface area contributed by atoms with Gasteiger partial charge in [-0.25, -0.2) is 13.1 Å². The number of hydrogen-bond acceptors (Lipinski definition) is 4. The van der Waals surface area contributed by atoms with Crippen molar-refractivity contribution in [2.24, 2.45) is 5.92 Å². The molecule has 0 spiro atoms. The van der Waals surface area contributed by atoms with Crippen LogP contribution in [-0.4, -0.2) is 28.2 Å². The molecule has 0 amide bonds. The van der Waals surface area contributed by atoms with Crippen LogP contribution in [-0.2, 0) is 14.8 Å². The summed E-state index contributed by atoms with van der Waals surface area (Å²) in [6, 6.07) is 3.11. The van der Waals surface area contributed by atoms with Crippen LogP contribution >= 0.6 is 22.9 Å². The molecule has 0 bridgehead atoms. The van der Waals surface area contributed by atoms with E-state index in [4.69, 9.17) is 16.3 Å². The fraction of sp³-hybridized carbons (Fsp3) is 0.733. The minimum absolute atomic E-state index is 0.254. The normalized spacial score (nSPS) is 13.4. The summed E-state index contributed by atoms with van der Waals surface area (Å²) in [5.41, 5.74) is 0. The number of ether oxygens (including phenoxy) is 1. The Balaban J connectivity index is 2.17. The molecule has 7 heteroatoms. The Morgan fingerprint density at radius 2 is 2.09 bits per heavy atom. The van der Waals surface area contributed by atoms with Crippen LogP contribution in [0.5, 0.6) is 0 Å². The van der Waals surface area contributed by atoms with Crippen molar-refractivity contribution < 1.29 is 13.2 Å². The summed E-state index contributed by atoms with van der Waals surface area (Å²) in [5.74, 6) is 0.616. The molecule has 4 nitrogen and oxygen atoms in total. The second kappa shape index (κ2) is 10.6. The summed E-state index contributed by atoms with van der Waals surface area (Å²) in [4.78, 5) is 0. The third-order valence-electron chi connectivity index (χ3n) is 3.47. The van der Waals surface area contributed by atoms with Gasteiger partial charge < -0.3 is 4.74 Å². The van der Waals surface area contributed by atoms with E-state index in [0.717, 1.165) is 24.4 Å². The van der Waals surface area contributed by atoms with E-state index in [0.29, 0.717) is 29.8 Å². The molecular formula is C15H26ClNO3S2. The molecule has 0 saturated carbocycles. The Morgan fingerprint density at radius 1 is 1.32 bits per heavy atom. The van der Waals surface area contributed by atoms with Crippen LogP contribution < -0.4 is 4.72 Å². The van der Waals surface area contributed by atoms with Crippen LogP contribution in [0.4, 0.5) is 0 Å². The van der Waals surface area contributed by atoms with E-state index in [-0.39, 0.29) is 4.21 Å². The first kappa shape index (κ1) is 19.9. The molecule has 1 aromatic heterocycles. The molecule has 1 unspecified atom stereocenters. The van der Waals surface area contributed by atoms with Gasteiger partial charge in [-0.3, -0.25) is 0 Å². The Hall–Kier alpha value is -0.140. The highest BCUT2D eigenvalue weighted by Gasteiger charge is 2.15. The molecule has 0 saturated heterocycles. The average Bonchev–Trinajstić information content (AvgIpc) is 2.93. The monoisotopic (exact) mass is 367 g/mol. The molecule has 1 atom stereocenters. The lowest BCUT2D eigenvalue weighted by atomic mass is 10.0. The summed E-state index contributed by atoms with van der Waals surface area (Å²) < 4.78 is 32.9. The molecule has 1 N–H and O–H groups in total. The number of rotatable bonds is 12. The fourth-order valence-corrected chi connectivity index (χ4v) is 4.64. The standard InChI is InChI=1S/C15H26ClNO3S2/c1-3-5-7-13(4-2)12-20-11-6-10-17-22(18,19)15-9-8-14(16)21-15/h8-9,13,17H,3-7,10-12H2,1-2H3. The quantitative estimate of drug-likeness (QED) is 0.560. The number of nitrogens with one attached hydrogen (secondary N) is 1. The van der Waals surface area contributed by atoms with Crippen molar-refractivity contribution in [1.29, 1.82) is 0 Å². The zero-order valence-electron chi connectivity index (χ0n) is 13.3. The Bertz CT molecular complexity index is 517. The van der Waals surface area contributed by atoms with Gasteiger partial charge in [-0.1, -0.05) is 44.7 Å². The summed E-state index contributed by atoms with van der Waals surface area (Å²) in [5, 5.41) is 0. The van der Waals surface area contributed by atoms with E-state index in [1.165, 1.54) is 25.3 Å². The van der Waals surface area contributed by atoms with Crippen molar-refractivity contribution in [1.82, 2.24) is 4.72 Å². The first-order valence-corrected chi connectivity index (χ1v) is 10.5. The summed E-state index contributed by atoms with van der Waals surface area (Å²) in [6.45, 7) is 6.11. The largest absolute Gasteiger partial charge is 0.381 e. The molecule has 0 fully saturated rings. The second-order valence-corrected chi connectivity index (χ2v) is 9.01. The van der Waals surface area contributed by atoms with Gasteiger partial charge >= 0.3 is 0 Å². The van der Waals surface area contributed by atoms with E-state index in [1.54, 1.807) is 6.07 Å². The van der Waals surface area contributed by atoms with Crippen molar-refractivity contribution in [3.05, 3.63) is 16.5 Å². The third-order valence-corrected chi connectivity index (χ3v) is 6.65. The fourth-order valence-electron chi connectivity index (χ4n) is 2.04. The molecule has 1 aromatic rings. The van der Waals surface area contributed by atoms with Gasteiger partial charge in [0.25, 0.3) is 0 Å². The summed E-state index contributed by atoms with van der Waals surface area (Å²) in [7, 11) is -3.43. The lowest BCUT2D eigenvalue weighted by Crippen LogP contribution is -2.25. The maximum Gasteiger partial charge on any atom is 0.250 e. The lowest BCUT2D eigenvalue weighted by molar-refractivity contribution is 0.0928. The Morgan fingerprint density at radius 3 is 2.68 bits per heavy atom. The van der Waals surface area contributed by atoms with Gasteiger partial charge in [0.1, 0.15) is 4.21 Å². The number of unbranched alkanes of at least 4 members (excludes halogenated alkanes) is 1. The van der Waals surface area contributed by atoms with Crippen LogP contribution in [0.25, 0.3) is 0 Å². The van der Waals surface area contributed by atoms with E-state index >= 15 is 0 Å². The topological polar surface area (TPSA) is 55.4 Å². The Kier molecular flexibility index (Phi) is 9.59. The van der Waals surface area contributed by atoms with Crippen LogP contribution in [0, 0.1) is 5.92 Å². The van der Waals surface area contributed by atoms with Crippen molar-refractivity contribution >= 4 is 33.0 Å². The molecule has 0 aromatic carbocycles. The molecule has 0 aliphatic heterocycles. The SMILES string of the molecule is CCCCC(CC)COCCCNS(=O)(=O)c1ccc(Cl)s1. The first-order chi connectivity index (χ1) is 10.5. The second-order valence-electron chi connectivity index (χ2n) is 5.30. The van der Waals surface area contributed by atoms with Crippen LogP contribution in [0.15, 0.2) is 16.3 Å². The molecule has 1 heterocycles. The van der Waals surface area contributed by atoms with Gasteiger partial charge in [-0.05, 0) is 30.9 Å². The zero-order valence-corrected chi connectivity index (χ0v) is 15.7. The van der Waals surface area contributed by atoms with Gasteiger partial charge in [0, 0.05) is 19.8 Å². The Labute approximate surface area is 143 Å². The molecule has 0 aliphatic rings. The zero-order chi connectivity index (χ0) is 16.4. The third kappa shape index (κ3) is 7.42. The van der Waals surface area contributed by atoms with Crippen molar-refractivity contribution in [2.75, 3.05) is 19.8 Å². The van der Waals surface area contributed by atoms with Crippen LogP contribution in [0.1, 0.15) is 46.0 Å². The smallest absolute Gasteiger partial charge is 0.250 e. The van der Waals surface area contributed by atoms with Crippen LogP contribution in [0.3, 0.4) is 0 Å². The number of halogens is 1. The van der Waals surface area contributed by atoms with Crippen molar-refractivity contribution in [3.8, 4) is 0 Å². The van der Waals surface area contributed by atoms with Gasteiger partial charge in [-0.2, -0.15) is 0 Å². The predicted molar refractivity (Wildman–Crippen MR) is 93.3 cm³/mol. The maximum atomic E-state index is 12.0. The average molecular weight is 368 g/mol. The van der Waals surface area contributed by atoms with Crippen LogP contribution in [0.2, 0.25) is 4.34 Å². The van der Waals surface area contributed by atoms with E-state index in [1.807, 2.05) is 0 Å². The minimum Gasteiger partial charge on any atom is -0.381 e. The first-order valence-electron chi connectivity index (χ1n) is 7.82. The van der Waals surface area contributed by atoms with Gasteiger partial charge in [0.15, 0.2) is 0 Å². The highest BCUT2D eigenvalue weighted by Crippen LogP contribution is 2.25. The molecular weight excluding hydrogens is 342 g/mol. The van der Waals surface area contributed by atoms with Gasteiger partial charge in [0.05, 0.1) is 4.34 Å². The maximum absolute atomic E-state index is 12.0. The molecule has 0 radical (unpaired) electrons. The summed E-state index contributed by atoms with van der Waals surface area (Å²) in [6.07, 6.45) is 5.46. The predicted octanol–water partition coefficient (Wildman–Crippen LogP) is 4.30. The molecule has 0 aliphatic carbocycles. The van der Waals surface area contributed by atoms with Crippen molar-refractivity contribution in [3.63, 3.8) is 0 Å². The molecule has 1 rings (SSSR count). The van der Waals surface area contributed by atoms with E-state index in [2.05, 4.69) is 18.6 Å². The van der Waals surface area contributed by atoms with Gasteiger partial charge in [-0.15, -0.1) is 11.3 Å².